The van der Waals surface area contributed by atoms with Crippen molar-refractivity contribution in [2.24, 2.45) is 0 Å². The van der Waals surface area contributed by atoms with Crippen LogP contribution in [0.25, 0.3) is 6.08 Å². The molecule has 2 heterocycles. The van der Waals surface area contributed by atoms with E-state index in [9.17, 15) is 18.8 Å². The number of methoxy groups -OCH3 is 1. The minimum Gasteiger partial charge on any atom is -0.481 e. The van der Waals surface area contributed by atoms with E-state index in [1.54, 1.807) is 30.5 Å². The molecule has 1 N–H and O–H groups in total. The number of Topliss-reactive ketones (excluding diaryl/α,β-unsaturated/α-hetero) is 1. The summed E-state index contributed by atoms with van der Waals surface area (Å²) >= 11 is 5.71. The summed E-state index contributed by atoms with van der Waals surface area (Å²) in [6.45, 7) is 0.231. The average molecular weight is 480 g/mol. The molecule has 3 aromatic rings. The maximum absolute atomic E-state index is 13.8. The zero-order chi connectivity index (χ0) is 24.4. The number of carbonyl (C=O) groups is 3. The number of nitrogens with zero attached hydrogens (tertiary/aromatic N) is 2. The highest BCUT2D eigenvalue weighted by molar-refractivity contribution is 6.36. The van der Waals surface area contributed by atoms with Crippen LogP contribution >= 0.6 is 11.6 Å². The van der Waals surface area contributed by atoms with Gasteiger partial charge < -0.3 is 15.0 Å². The Kier molecular flexibility index (Phi) is 6.43. The first-order chi connectivity index (χ1) is 16.3. The second kappa shape index (κ2) is 9.44. The van der Waals surface area contributed by atoms with Crippen LogP contribution in [0.1, 0.15) is 31.8 Å². The number of hydrogen-bond acceptors (Lipinski definition) is 5. The molecule has 0 bridgehead atoms. The lowest BCUT2D eigenvalue weighted by Crippen LogP contribution is -2.37. The largest absolute Gasteiger partial charge is 0.481 e. The topological polar surface area (TPSA) is 88.6 Å². The number of benzene rings is 2. The molecule has 0 atom stereocenters. The highest BCUT2D eigenvalue weighted by Gasteiger charge is 2.33. The minimum atomic E-state index is -0.661. The molecule has 1 aliphatic rings. The number of carbonyl (C=O) groups excluding carboxylic acids is 3. The Morgan fingerprint density at radius 3 is 2.71 bits per heavy atom. The first-order valence-corrected chi connectivity index (χ1v) is 10.6. The highest BCUT2D eigenvalue weighted by Crippen LogP contribution is 2.31. The number of aromatic nitrogens is 1. The fourth-order valence-corrected chi connectivity index (χ4v) is 3.65. The monoisotopic (exact) mass is 479 g/mol. The standard InChI is InChI=1S/C25H19ClFN3O4/c1-30-21-6-4-16(24(32)29-13-15-7-8-28-22(11-15)34-2)12-17(21)23(31)18(25(30)33)9-14-3-5-19(26)20(27)10-14/h3-12H,13H2,1-2H3,(H,29,32)/b18-9-. The van der Waals surface area contributed by atoms with E-state index in [-0.39, 0.29) is 28.3 Å². The summed E-state index contributed by atoms with van der Waals surface area (Å²) in [6, 6.07) is 12.0. The first-order valence-electron chi connectivity index (χ1n) is 10.2. The predicted octanol–water partition coefficient (Wildman–Crippen LogP) is 4.06. The number of pyridine rings is 1. The SMILES string of the molecule is COc1cc(CNC(=O)c2ccc3c(c2)C(=O)/C(=C/c2ccc(Cl)c(F)c2)C(=O)N3C)ccn1. The average Bonchev–Trinajstić information content (AvgIpc) is 2.85. The molecular formula is C25H19ClFN3O4. The van der Waals surface area contributed by atoms with Gasteiger partial charge in [-0.1, -0.05) is 17.7 Å². The van der Waals surface area contributed by atoms with Crippen molar-refractivity contribution < 1.29 is 23.5 Å². The second-order valence-corrected chi connectivity index (χ2v) is 7.95. The Morgan fingerprint density at radius 1 is 1.18 bits per heavy atom. The Morgan fingerprint density at radius 2 is 1.97 bits per heavy atom. The van der Waals surface area contributed by atoms with Gasteiger partial charge in [0.2, 0.25) is 11.7 Å². The number of ketones is 1. The van der Waals surface area contributed by atoms with Crippen LogP contribution in [0.4, 0.5) is 10.1 Å². The molecule has 0 aliphatic carbocycles. The summed E-state index contributed by atoms with van der Waals surface area (Å²) in [5.74, 6) is -1.71. The normalized spacial score (nSPS) is 14.2. The zero-order valence-corrected chi connectivity index (χ0v) is 19.0. The van der Waals surface area contributed by atoms with Gasteiger partial charge in [0.1, 0.15) is 5.82 Å². The number of nitrogens with one attached hydrogen (secondary N) is 1. The third-order valence-electron chi connectivity index (χ3n) is 5.36. The molecule has 7 nitrogen and oxygen atoms in total. The van der Waals surface area contributed by atoms with Gasteiger partial charge in [-0.25, -0.2) is 9.37 Å². The highest BCUT2D eigenvalue weighted by atomic mass is 35.5. The number of likely N-dealkylation sites (N-methyl/N-ethyl adjacent to an activating group) is 1. The molecule has 1 aromatic heterocycles. The maximum Gasteiger partial charge on any atom is 0.262 e. The van der Waals surface area contributed by atoms with Gasteiger partial charge in [-0.2, -0.15) is 0 Å². The van der Waals surface area contributed by atoms with Crippen molar-refractivity contribution in [3.8, 4) is 5.88 Å². The van der Waals surface area contributed by atoms with Crippen LogP contribution in [0.2, 0.25) is 5.02 Å². The van der Waals surface area contributed by atoms with E-state index in [0.717, 1.165) is 11.6 Å². The fraction of sp³-hybridized carbons (Fsp3) is 0.120. The molecular weight excluding hydrogens is 461 g/mol. The number of rotatable bonds is 5. The number of amides is 2. The van der Waals surface area contributed by atoms with Gasteiger partial charge in [0.05, 0.1) is 23.4 Å². The second-order valence-electron chi connectivity index (χ2n) is 7.55. The Labute approximate surface area is 199 Å². The quantitative estimate of drug-likeness (QED) is 0.440. The first kappa shape index (κ1) is 23.1. The molecule has 9 heteroatoms. The van der Waals surface area contributed by atoms with E-state index in [4.69, 9.17) is 16.3 Å². The Bertz CT molecular complexity index is 1360. The number of fused-ring (bicyclic) bond motifs is 1. The molecule has 34 heavy (non-hydrogen) atoms. The minimum absolute atomic E-state index is 0.0632. The summed E-state index contributed by atoms with van der Waals surface area (Å²) < 4.78 is 18.9. The summed E-state index contributed by atoms with van der Waals surface area (Å²) in [5.41, 5.74) is 1.80. The van der Waals surface area contributed by atoms with Crippen molar-refractivity contribution in [2.45, 2.75) is 6.54 Å². The molecule has 0 unspecified atom stereocenters. The molecule has 0 saturated carbocycles. The zero-order valence-electron chi connectivity index (χ0n) is 18.3. The van der Waals surface area contributed by atoms with Crippen LogP contribution in [0, 0.1) is 5.82 Å². The van der Waals surface area contributed by atoms with Crippen LogP contribution in [0.3, 0.4) is 0 Å². The molecule has 1 aliphatic heterocycles. The number of anilines is 1. The predicted molar refractivity (Wildman–Crippen MR) is 126 cm³/mol. The van der Waals surface area contributed by atoms with Crippen molar-refractivity contribution in [1.29, 1.82) is 0 Å². The van der Waals surface area contributed by atoms with Crippen LogP contribution in [0.15, 0.2) is 60.3 Å². The summed E-state index contributed by atoms with van der Waals surface area (Å²) in [5, 5.41) is 2.72. The van der Waals surface area contributed by atoms with E-state index >= 15 is 0 Å². The molecule has 172 valence electrons. The molecule has 0 saturated heterocycles. The third kappa shape index (κ3) is 4.53. The van der Waals surface area contributed by atoms with Crippen molar-refractivity contribution in [3.05, 3.63) is 93.4 Å². The smallest absolute Gasteiger partial charge is 0.262 e. The summed E-state index contributed by atoms with van der Waals surface area (Å²) in [7, 11) is 3.03. The molecule has 0 spiro atoms. The van der Waals surface area contributed by atoms with E-state index in [1.807, 2.05) is 0 Å². The van der Waals surface area contributed by atoms with E-state index in [0.29, 0.717) is 17.1 Å². The Balaban J connectivity index is 1.61. The van der Waals surface area contributed by atoms with Crippen molar-refractivity contribution in [1.82, 2.24) is 10.3 Å². The lowest BCUT2D eigenvalue weighted by atomic mass is 9.92. The Hall–Kier alpha value is -4.04. The van der Waals surface area contributed by atoms with Gasteiger partial charge in [0.15, 0.2) is 0 Å². The van der Waals surface area contributed by atoms with Gasteiger partial charge in [-0.3, -0.25) is 14.4 Å². The van der Waals surface area contributed by atoms with Gasteiger partial charge in [-0.05, 0) is 53.6 Å². The number of ether oxygens (including phenoxy) is 1. The van der Waals surface area contributed by atoms with Crippen LogP contribution in [0.5, 0.6) is 5.88 Å². The van der Waals surface area contributed by atoms with E-state index < -0.39 is 23.4 Å². The van der Waals surface area contributed by atoms with Crippen molar-refractivity contribution in [2.75, 3.05) is 19.1 Å². The van der Waals surface area contributed by atoms with Crippen molar-refractivity contribution in [3.63, 3.8) is 0 Å². The third-order valence-corrected chi connectivity index (χ3v) is 5.67. The lowest BCUT2D eigenvalue weighted by Gasteiger charge is -2.27. The number of halogens is 2. The molecule has 4 rings (SSSR count). The summed E-state index contributed by atoms with van der Waals surface area (Å²) in [6.07, 6.45) is 2.89. The molecule has 0 radical (unpaired) electrons. The van der Waals surface area contributed by atoms with Crippen LogP contribution in [-0.4, -0.2) is 36.7 Å². The maximum atomic E-state index is 13.8. The molecule has 2 amide bonds. The van der Waals surface area contributed by atoms with Crippen LogP contribution < -0.4 is 15.0 Å². The van der Waals surface area contributed by atoms with Gasteiger partial charge in [0.25, 0.3) is 11.8 Å². The number of hydrogen-bond donors (Lipinski definition) is 1. The van der Waals surface area contributed by atoms with Gasteiger partial charge in [-0.15, -0.1) is 0 Å². The van der Waals surface area contributed by atoms with Crippen LogP contribution in [-0.2, 0) is 11.3 Å². The van der Waals surface area contributed by atoms with E-state index in [1.165, 1.54) is 43.3 Å². The fourth-order valence-electron chi connectivity index (χ4n) is 3.54. The summed E-state index contributed by atoms with van der Waals surface area (Å²) in [4.78, 5) is 44.0. The molecule has 2 aromatic carbocycles. The lowest BCUT2D eigenvalue weighted by molar-refractivity contribution is -0.114. The van der Waals surface area contributed by atoms with Crippen molar-refractivity contribution >= 4 is 41.0 Å². The van der Waals surface area contributed by atoms with E-state index in [2.05, 4.69) is 10.3 Å². The van der Waals surface area contributed by atoms with Gasteiger partial charge >= 0.3 is 0 Å². The van der Waals surface area contributed by atoms with Gasteiger partial charge in [0, 0.05) is 37.0 Å². The molecule has 0 fully saturated rings.